The Labute approximate surface area is 188 Å². The maximum atomic E-state index is 13.8. The van der Waals surface area contributed by atoms with Crippen LogP contribution in [0.25, 0.3) is 11.1 Å². The molecule has 0 saturated heterocycles. The topological polar surface area (TPSA) is 43.3 Å². The van der Waals surface area contributed by atoms with Crippen molar-refractivity contribution in [1.29, 1.82) is 0 Å². The van der Waals surface area contributed by atoms with Gasteiger partial charge in [0.1, 0.15) is 17.3 Å². The van der Waals surface area contributed by atoms with Gasteiger partial charge in [0, 0.05) is 36.1 Å². The van der Waals surface area contributed by atoms with E-state index in [0.29, 0.717) is 5.69 Å². The fourth-order valence-electron chi connectivity index (χ4n) is 3.67. The molecule has 2 aromatic carbocycles. The molecule has 3 aromatic rings. The van der Waals surface area contributed by atoms with E-state index in [4.69, 9.17) is 4.74 Å². The molecular formula is C26H30F2N2O2. The number of anilines is 1. The number of carbonyl (C=O) groups is 1. The largest absolute Gasteiger partial charge is 0.464 e. The Morgan fingerprint density at radius 3 is 2.44 bits per heavy atom. The summed E-state index contributed by atoms with van der Waals surface area (Å²) in [7, 11) is 1.39. The van der Waals surface area contributed by atoms with Gasteiger partial charge in [-0.2, -0.15) is 0 Å². The van der Waals surface area contributed by atoms with Gasteiger partial charge in [0.2, 0.25) is 0 Å². The van der Waals surface area contributed by atoms with Gasteiger partial charge >= 0.3 is 5.97 Å². The molecule has 0 aliphatic rings. The summed E-state index contributed by atoms with van der Waals surface area (Å²) < 4.78 is 34.0. The number of benzene rings is 2. The van der Waals surface area contributed by atoms with Crippen LogP contribution in [0.4, 0.5) is 14.5 Å². The molecule has 0 atom stereocenters. The van der Waals surface area contributed by atoms with E-state index in [0.717, 1.165) is 48.3 Å². The van der Waals surface area contributed by atoms with E-state index in [-0.39, 0.29) is 18.1 Å². The third-order valence-electron chi connectivity index (χ3n) is 5.50. The first-order valence-corrected chi connectivity index (χ1v) is 11.1. The highest BCUT2D eigenvalue weighted by Crippen LogP contribution is 2.25. The highest BCUT2D eigenvalue weighted by atomic mass is 19.1. The van der Waals surface area contributed by atoms with Crippen molar-refractivity contribution in [2.45, 2.75) is 52.1 Å². The Balaban J connectivity index is 1.68. The van der Waals surface area contributed by atoms with Crippen LogP contribution >= 0.6 is 0 Å². The first kappa shape index (κ1) is 23.5. The van der Waals surface area contributed by atoms with Crippen LogP contribution in [0.2, 0.25) is 0 Å². The molecule has 32 heavy (non-hydrogen) atoms. The Morgan fingerprint density at radius 1 is 0.969 bits per heavy atom. The van der Waals surface area contributed by atoms with Crippen LogP contribution in [-0.2, 0) is 17.8 Å². The lowest BCUT2D eigenvalue weighted by Crippen LogP contribution is -2.10. The zero-order chi connectivity index (χ0) is 22.9. The second-order valence-electron chi connectivity index (χ2n) is 7.88. The molecule has 1 N–H and O–H groups in total. The third-order valence-corrected chi connectivity index (χ3v) is 5.50. The van der Waals surface area contributed by atoms with Gasteiger partial charge in [-0.3, -0.25) is 0 Å². The van der Waals surface area contributed by atoms with Crippen molar-refractivity contribution in [3.8, 4) is 11.1 Å². The maximum absolute atomic E-state index is 13.8. The number of aryl methyl sites for hydroxylation is 1. The van der Waals surface area contributed by atoms with E-state index in [1.54, 1.807) is 0 Å². The standard InChI is InChI=1S/C26H30F2N2O2/c1-3-4-5-6-7-14-30-18-21(16-25(30)26(31)32-2)19-8-11-23(12-9-19)29-17-20-15-22(27)10-13-24(20)28/h8-13,15-16,18,29H,3-7,14,17H2,1-2H3. The minimum atomic E-state index is -0.463. The molecule has 0 spiro atoms. The number of rotatable bonds is 11. The van der Waals surface area contributed by atoms with Crippen LogP contribution in [0.3, 0.4) is 0 Å². The van der Waals surface area contributed by atoms with Crippen LogP contribution < -0.4 is 5.32 Å². The van der Waals surface area contributed by atoms with Gasteiger partial charge in [-0.15, -0.1) is 0 Å². The molecule has 0 aliphatic heterocycles. The van der Waals surface area contributed by atoms with E-state index in [1.807, 2.05) is 41.1 Å². The molecule has 0 amide bonds. The van der Waals surface area contributed by atoms with Crippen molar-refractivity contribution in [3.05, 3.63) is 77.6 Å². The average Bonchev–Trinajstić information content (AvgIpc) is 3.23. The van der Waals surface area contributed by atoms with Gasteiger partial charge in [-0.1, -0.05) is 44.7 Å². The predicted molar refractivity (Wildman–Crippen MR) is 124 cm³/mol. The average molecular weight is 441 g/mol. The van der Waals surface area contributed by atoms with Crippen LogP contribution in [0.1, 0.15) is 55.1 Å². The Bertz CT molecular complexity index is 1030. The van der Waals surface area contributed by atoms with E-state index >= 15 is 0 Å². The number of hydrogen-bond donors (Lipinski definition) is 1. The molecule has 0 radical (unpaired) electrons. The van der Waals surface area contributed by atoms with Crippen LogP contribution in [0, 0.1) is 11.6 Å². The lowest BCUT2D eigenvalue weighted by atomic mass is 10.1. The number of unbranched alkanes of at least 4 members (excludes halogenated alkanes) is 4. The second kappa shape index (κ2) is 11.5. The zero-order valence-corrected chi connectivity index (χ0v) is 18.7. The highest BCUT2D eigenvalue weighted by molar-refractivity contribution is 5.89. The quantitative estimate of drug-likeness (QED) is 0.263. The number of halogens is 2. The molecule has 0 saturated carbocycles. The Kier molecular flexibility index (Phi) is 8.42. The lowest BCUT2D eigenvalue weighted by molar-refractivity contribution is 0.0588. The normalized spacial score (nSPS) is 10.9. The monoisotopic (exact) mass is 440 g/mol. The number of nitrogens with one attached hydrogen (secondary N) is 1. The van der Waals surface area contributed by atoms with Gasteiger partial charge in [-0.25, -0.2) is 13.6 Å². The summed E-state index contributed by atoms with van der Waals surface area (Å²) in [5.74, 6) is -1.25. The van der Waals surface area contributed by atoms with Gasteiger partial charge in [-0.05, 0) is 48.4 Å². The number of carbonyl (C=O) groups excluding carboxylic acids is 1. The van der Waals surface area contributed by atoms with Gasteiger partial charge in [0.15, 0.2) is 0 Å². The number of aromatic nitrogens is 1. The summed E-state index contributed by atoms with van der Waals surface area (Å²) >= 11 is 0. The summed E-state index contributed by atoms with van der Waals surface area (Å²) in [6, 6.07) is 12.9. The number of methoxy groups -OCH3 is 1. The summed E-state index contributed by atoms with van der Waals surface area (Å²) in [4.78, 5) is 12.2. The SMILES string of the molecule is CCCCCCCn1cc(-c2ccc(NCc3cc(F)ccc3F)cc2)cc1C(=O)OC. The minimum Gasteiger partial charge on any atom is -0.464 e. The fraction of sp³-hybridized carbons (Fsp3) is 0.346. The molecule has 0 fully saturated rings. The summed E-state index contributed by atoms with van der Waals surface area (Å²) in [6.45, 7) is 3.14. The van der Waals surface area contributed by atoms with Crippen LogP contribution in [0.5, 0.6) is 0 Å². The molecule has 1 heterocycles. The van der Waals surface area contributed by atoms with Gasteiger partial charge in [0.05, 0.1) is 7.11 Å². The third kappa shape index (κ3) is 6.19. The highest BCUT2D eigenvalue weighted by Gasteiger charge is 2.15. The van der Waals surface area contributed by atoms with E-state index < -0.39 is 11.6 Å². The zero-order valence-electron chi connectivity index (χ0n) is 18.7. The van der Waals surface area contributed by atoms with E-state index in [2.05, 4.69) is 12.2 Å². The number of esters is 1. The minimum absolute atomic E-state index is 0.184. The van der Waals surface area contributed by atoms with Crippen molar-refractivity contribution >= 4 is 11.7 Å². The molecule has 0 bridgehead atoms. The first-order chi connectivity index (χ1) is 15.5. The predicted octanol–water partition coefficient (Wildman–Crippen LogP) is 6.80. The van der Waals surface area contributed by atoms with Crippen molar-refractivity contribution in [2.24, 2.45) is 0 Å². The smallest absolute Gasteiger partial charge is 0.354 e. The lowest BCUT2D eigenvalue weighted by Gasteiger charge is -2.08. The van der Waals surface area contributed by atoms with Crippen molar-refractivity contribution in [1.82, 2.24) is 4.57 Å². The molecule has 170 valence electrons. The van der Waals surface area contributed by atoms with Crippen LogP contribution in [0.15, 0.2) is 54.7 Å². The molecule has 6 heteroatoms. The van der Waals surface area contributed by atoms with E-state index in [9.17, 15) is 13.6 Å². The summed E-state index contributed by atoms with van der Waals surface area (Å²) in [6.07, 6.45) is 7.75. The van der Waals surface area contributed by atoms with Crippen molar-refractivity contribution in [3.63, 3.8) is 0 Å². The number of ether oxygens (including phenoxy) is 1. The van der Waals surface area contributed by atoms with Crippen LogP contribution in [-0.4, -0.2) is 17.6 Å². The summed E-state index contributed by atoms with van der Waals surface area (Å²) in [5, 5.41) is 3.11. The number of nitrogens with zero attached hydrogens (tertiary/aromatic N) is 1. The molecule has 0 unspecified atom stereocenters. The maximum Gasteiger partial charge on any atom is 0.354 e. The second-order valence-corrected chi connectivity index (χ2v) is 7.88. The first-order valence-electron chi connectivity index (χ1n) is 11.1. The molecule has 4 nitrogen and oxygen atoms in total. The van der Waals surface area contributed by atoms with Crippen molar-refractivity contribution in [2.75, 3.05) is 12.4 Å². The van der Waals surface area contributed by atoms with Gasteiger partial charge < -0.3 is 14.6 Å². The molecule has 0 aliphatic carbocycles. The molecule has 1 aromatic heterocycles. The summed E-state index contributed by atoms with van der Waals surface area (Å²) in [5.41, 5.74) is 3.50. The number of hydrogen-bond acceptors (Lipinski definition) is 3. The Hall–Kier alpha value is -3.15. The van der Waals surface area contributed by atoms with Gasteiger partial charge in [0.25, 0.3) is 0 Å². The van der Waals surface area contributed by atoms with E-state index in [1.165, 1.54) is 32.4 Å². The fourth-order valence-corrected chi connectivity index (χ4v) is 3.67. The Morgan fingerprint density at radius 2 is 1.72 bits per heavy atom. The van der Waals surface area contributed by atoms with Crippen molar-refractivity contribution < 1.29 is 18.3 Å². The molecule has 3 rings (SSSR count). The molecular weight excluding hydrogens is 410 g/mol.